The molecule has 5 rings (SSSR count). The molecule has 0 fully saturated rings. The van der Waals surface area contributed by atoms with Gasteiger partial charge in [0.1, 0.15) is 6.54 Å². The van der Waals surface area contributed by atoms with Gasteiger partial charge in [0, 0.05) is 0 Å². The maximum atomic E-state index is 13.7. The minimum Gasteiger partial charge on any atom is -0.289 e. The van der Waals surface area contributed by atoms with Crippen LogP contribution in [-0.2, 0) is 11.3 Å². The first-order valence-corrected chi connectivity index (χ1v) is 11.4. The predicted molar refractivity (Wildman–Crippen MR) is 133 cm³/mol. The lowest BCUT2D eigenvalue weighted by Crippen LogP contribution is -2.34. The fourth-order valence-corrected chi connectivity index (χ4v) is 5.07. The first-order valence-electron chi connectivity index (χ1n) is 10.6. The van der Waals surface area contributed by atoms with Crippen LogP contribution in [0.5, 0.6) is 0 Å². The molecule has 5 aromatic rings. The van der Waals surface area contributed by atoms with E-state index in [1.807, 2.05) is 69.3 Å². The third-order valence-electron chi connectivity index (χ3n) is 5.55. The summed E-state index contributed by atoms with van der Waals surface area (Å²) in [4.78, 5) is 37.5. The molecule has 2 heterocycles. The summed E-state index contributed by atoms with van der Waals surface area (Å²) in [6.45, 7) is 5.77. The van der Waals surface area contributed by atoms with E-state index in [1.54, 1.807) is 11.0 Å². The largest absolute Gasteiger partial charge is 0.289 e. The Bertz CT molecular complexity index is 1530. The second-order valence-electron chi connectivity index (χ2n) is 8.19. The van der Waals surface area contributed by atoms with E-state index in [0.29, 0.717) is 16.0 Å². The highest BCUT2D eigenvalue weighted by atomic mass is 32.1. The van der Waals surface area contributed by atoms with Crippen LogP contribution in [0.15, 0.2) is 71.8 Å². The SMILES string of the molecule is Cc1cc(C)cc(N(C(=O)Cn2cnc3c(C)cccc3c2=O)c2nc3ccccc3s2)c1. The molecule has 3 aromatic carbocycles. The van der Waals surface area contributed by atoms with Crippen molar-refractivity contribution in [3.05, 3.63) is 94.0 Å². The van der Waals surface area contributed by atoms with E-state index in [9.17, 15) is 9.59 Å². The number of aromatic nitrogens is 3. The normalized spacial score (nSPS) is 11.2. The van der Waals surface area contributed by atoms with Crippen molar-refractivity contribution in [2.24, 2.45) is 0 Å². The summed E-state index contributed by atoms with van der Waals surface area (Å²) >= 11 is 1.45. The van der Waals surface area contributed by atoms with E-state index in [0.717, 1.165) is 32.6 Å². The second-order valence-corrected chi connectivity index (χ2v) is 9.20. The van der Waals surface area contributed by atoms with Gasteiger partial charge in [-0.15, -0.1) is 0 Å². The van der Waals surface area contributed by atoms with E-state index in [2.05, 4.69) is 11.1 Å². The Morgan fingerprint density at radius 1 is 1.00 bits per heavy atom. The lowest BCUT2D eigenvalue weighted by molar-refractivity contribution is -0.118. The number of rotatable bonds is 4. The molecule has 0 bridgehead atoms. The summed E-state index contributed by atoms with van der Waals surface area (Å²) in [6, 6.07) is 19.3. The van der Waals surface area contributed by atoms with Crippen molar-refractivity contribution >= 4 is 49.2 Å². The molecule has 7 heteroatoms. The van der Waals surface area contributed by atoms with Gasteiger partial charge in [-0.2, -0.15) is 0 Å². The number of thiazole rings is 1. The summed E-state index contributed by atoms with van der Waals surface area (Å²) in [6.07, 6.45) is 1.45. The summed E-state index contributed by atoms with van der Waals surface area (Å²) in [5.41, 5.74) is 5.00. The van der Waals surface area contributed by atoms with Crippen molar-refractivity contribution < 1.29 is 4.79 Å². The summed E-state index contributed by atoms with van der Waals surface area (Å²) in [7, 11) is 0. The highest BCUT2D eigenvalue weighted by Gasteiger charge is 2.23. The molecule has 0 saturated carbocycles. The molecular formula is C26H22N4O2S. The van der Waals surface area contributed by atoms with Gasteiger partial charge in [-0.05, 0) is 67.8 Å². The Balaban J connectivity index is 1.61. The number of hydrogen-bond acceptors (Lipinski definition) is 5. The Morgan fingerprint density at radius 3 is 2.52 bits per heavy atom. The topological polar surface area (TPSA) is 68.1 Å². The Labute approximate surface area is 194 Å². The van der Waals surface area contributed by atoms with Gasteiger partial charge in [0.05, 0.1) is 33.1 Å². The number of nitrogens with zero attached hydrogens (tertiary/aromatic N) is 4. The molecular weight excluding hydrogens is 432 g/mol. The lowest BCUT2D eigenvalue weighted by Gasteiger charge is -2.21. The van der Waals surface area contributed by atoms with Crippen molar-refractivity contribution in [1.82, 2.24) is 14.5 Å². The standard InChI is InChI=1S/C26H22N4O2S/c1-16-11-17(2)13-19(12-16)30(26-28-21-9-4-5-10-22(21)33-26)23(31)14-29-15-27-24-18(3)7-6-8-20(24)25(29)32/h4-13,15H,14H2,1-3H3. The summed E-state index contributed by atoms with van der Waals surface area (Å²) in [5.74, 6) is -0.255. The number of amides is 1. The number of fused-ring (bicyclic) bond motifs is 2. The van der Waals surface area contributed by atoms with Crippen LogP contribution in [0.2, 0.25) is 0 Å². The number of carbonyl (C=O) groups excluding carboxylic acids is 1. The summed E-state index contributed by atoms with van der Waals surface area (Å²) in [5, 5.41) is 1.08. The molecule has 6 nitrogen and oxygen atoms in total. The number of para-hydroxylation sites is 2. The van der Waals surface area contributed by atoms with E-state index in [-0.39, 0.29) is 18.0 Å². The Morgan fingerprint density at radius 2 is 1.76 bits per heavy atom. The molecule has 0 aliphatic heterocycles. The predicted octanol–water partition coefficient (Wildman–Crippen LogP) is 5.30. The molecule has 1 amide bonds. The molecule has 0 unspecified atom stereocenters. The molecule has 0 radical (unpaired) electrons. The zero-order valence-electron chi connectivity index (χ0n) is 18.6. The molecule has 0 atom stereocenters. The van der Waals surface area contributed by atoms with Crippen molar-refractivity contribution in [3.63, 3.8) is 0 Å². The quantitative estimate of drug-likeness (QED) is 0.370. The van der Waals surface area contributed by atoms with Crippen LogP contribution < -0.4 is 10.5 Å². The molecule has 33 heavy (non-hydrogen) atoms. The highest BCUT2D eigenvalue weighted by Crippen LogP contribution is 2.34. The Kier molecular flexibility index (Phi) is 5.26. The molecule has 0 aliphatic rings. The van der Waals surface area contributed by atoms with Gasteiger partial charge in [-0.1, -0.05) is 41.7 Å². The van der Waals surface area contributed by atoms with Gasteiger partial charge in [0.15, 0.2) is 5.13 Å². The van der Waals surface area contributed by atoms with E-state index < -0.39 is 0 Å². The number of carbonyl (C=O) groups is 1. The highest BCUT2D eigenvalue weighted by molar-refractivity contribution is 7.22. The molecule has 2 aromatic heterocycles. The second kappa shape index (κ2) is 8.26. The van der Waals surface area contributed by atoms with E-state index >= 15 is 0 Å². The molecule has 0 spiro atoms. The van der Waals surface area contributed by atoms with Crippen LogP contribution in [0.3, 0.4) is 0 Å². The van der Waals surface area contributed by atoms with Crippen LogP contribution in [-0.4, -0.2) is 20.4 Å². The zero-order chi connectivity index (χ0) is 23.1. The first-order chi connectivity index (χ1) is 15.9. The van der Waals surface area contributed by atoms with Gasteiger partial charge >= 0.3 is 0 Å². The number of benzene rings is 3. The van der Waals surface area contributed by atoms with Gasteiger partial charge in [-0.3, -0.25) is 19.1 Å². The van der Waals surface area contributed by atoms with Crippen molar-refractivity contribution in [3.8, 4) is 0 Å². The monoisotopic (exact) mass is 454 g/mol. The van der Waals surface area contributed by atoms with E-state index in [1.165, 1.54) is 22.2 Å². The minimum absolute atomic E-state index is 0.140. The number of hydrogen-bond donors (Lipinski definition) is 0. The number of anilines is 2. The smallest absolute Gasteiger partial charge is 0.261 e. The molecule has 164 valence electrons. The minimum atomic E-state index is -0.255. The van der Waals surface area contributed by atoms with Gasteiger partial charge in [0.2, 0.25) is 0 Å². The van der Waals surface area contributed by atoms with Gasteiger partial charge < -0.3 is 0 Å². The van der Waals surface area contributed by atoms with E-state index in [4.69, 9.17) is 4.98 Å². The van der Waals surface area contributed by atoms with Gasteiger partial charge in [0.25, 0.3) is 11.5 Å². The maximum absolute atomic E-state index is 13.7. The zero-order valence-corrected chi connectivity index (χ0v) is 19.4. The van der Waals surface area contributed by atoms with Crippen molar-refractivity contribution in [1.29, 1.82) is 0 Å². The fraction of sp³-hybridized carbons (Fsp3) is 0.154. The first kappa shape index (κ1) is 21.0. The van der Waals surface area contributed by atoms with Gasteiger partial charge in [-0.25, -0.2) is 9.97 Å². The average molecular weight is 455 g/mol. The van der Waals surface area contributed by atoms with Crippen LogP contribution >= 0.6 is 11.3 Å². The molecule has 0 N–H and O–H groups in total. The fourth-order valence-electron chi connectivity index (χ4n) is 4.06. The summed E-state index contributed by atoms with van der Waals surface area (Å²) < 4.78 is 2.36. The lowest BCUT2D eigenvalue weighted by atomic mass is 10.1. The Hall–Kier alpha value is -3.84. The van der Waals surface area contributed by atoms with Crippen LogP contribution in [0.1, 0.15) is 16.7 Å². The van der Waals surface area contributed by atoms with Crippen molar-refractivity contribution in [2.75, 3.05) is 4.90 Å². The number of aryl methyl sites for hydroxylation is 3. The molecule has 0 aliphatic carbocycles. The van der Waals surface area contributed by atoms with Crippen LogP contribution in [0.4, 0.5) is 10.8 Å². The van der Waals surface area contributed by atoms with Crippen LogP contribution in [0, 0.1) is 20.8 Å². The van der Waals surface area contributed by atoms with Crippen LogP contribution in [0.25, 0.3) is 21.1 Å². The average Bonchev–Trinajstić information content (AvgIpc) is 3.19. The van der Waals surface area contributed by atoms with Crippen molar-refractivity contribution in [2.45, 2.75) is 27.3 Å². The maximum Gasteiger partial charge on any atom is 0.261 e. The third kappa shape index (κ3) is 3.91. The molecule has 0 saturated heterocycles. The third-order valence-corrected chi connectivity index (χ3v) is 6.57.